The molecule has 0 amide bonds. The van der Waals surface area contributed by atoms with Gasteiger partial charge in [0.1, 0.15) is 5.82 Å². The zero-order chi connectivity index (χ0) is 11.8. The number of hydrogen-bond acceptors (Lipinski definition) is 0. The first-order valence-electron chi connectivity index (χ1n) is 4.48. The summed E-state index contributed by atoms with van der Waals surface area (Å²) in [5.41, 5.74) is -0.686. The molecule has 2 aromatic rings. The predicted octanol–water partition coefficient (Wildman–Crippen LogP) is 3.84. The lowest BCUT2D eigenvalue weighted by molar-refractivity contribution is -0.137. The highest BCUT2D eigenvalue weighted by Gasteiger charge is 2.33. The lowest BCUT2D eigenvalue weighted by atomic mass is 10.0. The van der Waals surface area contributed by atoms with Crippen molar-refractivity contribution in [3.05, 3.63) is 48.0 Å². The van der Waals surface area contributed by atoms with Gasteiger partial charge < -0.3 is 4.98 Å². The van der Waals surface area contributed by atoms with Gasteiger partial charge in [-0.25, -0.2) is 4.39 Å². The van der Waals surface area contributed by atoms with Crippen molar-refractivity contribution in [1.82, 2.24) is 4.98 Å². The molecule has 0 aliphatic rings. The largest absolute Gasteiger partial charge is 0.417 e. The van der Waals surface area contributed by atoms with E-state index in [0.717, 1.165) is 18.2 Å². The van der Waals surface area contributed by atoms with Crippen molar-refractivity contribution in [2.75, 3.05) is 0 Å². The molecule has 0 fully saturated rings. The Hall–Kier alpha value is -1.78. The van der Waals surface area contributed by atoms with E-state index in [0.29, 0.717) is 5.56 Å². The Morgan fingerprint density at radius 3 is 2.38 bits per heavy atom. The fraction of sp³-hybridized carbons (Fsp3) is 0.0909. The molecule has 1 aromatic carbocycles. The van der Waals surface area contributed by atoms with Crippen LogP contribution in [0.1, 0.15) is 5.56 Å². The molecular formula is C11H7F4N. The van der Waals surface area contributed by atoms with Crippen LogP contribution >= 0.6 is 0 Å². The van der Waals surface area contributed by atoms with Crippen molar-refractivity contribution < 1.29 is 17.6 Å². The molecule has 0 radical (unpaired) electrons. The van der Waals surface area contributed by atoms with Gasteiger partial charge in [-0.2, -0.15) is 13.2 Å². The van der Waals surface area contributed by atoms with Crippen LogP contribution in [0, 0.1) is 5.82 Å². The number of H-pyrrole nitrogens is 1. The molecule has 0 aliphatic heterocycles. The number of benzene rings is 1. The summed E-state index contributed by atoms with van der Waals surface area (Å²) in [5, 5.41) is 0. The molecule has 0 unspecified atom stereocenters. The molecule has 1 nitrogen and oxygen atoms in total. The van der Waals surface area contributed by atoms with Crippen molar-refractivity contribution in [2.45, 2.75) is 6.18 Å². The Bertz CT molecular complexity index is 485. The van der Waals surface area contributed by atoms with Crippen LogP contribution in [-0.4, -0.2) is 4.98 Å². The van der Waals surface area contributed by atoms with E-state index in [1.165, 1.54) is 18.5 Å². The van der Waals surface area contributed by atoms with Crippen LogP contribution in [0.3, 0.4) is 0 Å². The van der Waals surface area contributed by atoms with Gasteiger partial charge in [-0.1, -0.05) is 0 Å². The Balaban J connectivity index is 2.63. The topological polar surface area (TPSA) is 15.8 Å². The Kier molecular flexibility index (Phi) is 2.46. The first kappa shape index (κ1) is 10.7. The van der Waals surface area contributed by atoms with Crippen LogP contribution in [-0.2, 0) is 6.18 Å². The van der Waals surface area contributed by atoms with E-state index in [4.69, 9.17) is 0 Å². The van der Waals surface area contributed by atoms with Gasteiger partial charge >= 0.3 is 6.18 Å². The molecule has 0 bridgehead atoms. The third-order valence-corrected chi connectivity index (χ3v) is 2.20. The highest BCUT2D eigenvalue weighted by Crippen LogP contribution is 2.37. The third kappa shape index (κ3) is 1.93. The normalized spacial score (nSPS) is 11.8. The van der Waals surface area contributed by atoms with Crippen molar-refractivity contribution in [1.29, 1.82) is 0 Å². The maximum atomic E-state index is 12.9. The van der Waals surface area contributed by atoms with Crippen LogP contribution in [0.5, 0.6) is 0 Å². The molecule has 0 saturated carbocycles. The Labute approximate surface area is 88.7 Å². The lowest BCUT2D eigenvalue weighted by Gasteiger charge is -2.11. The van der Waals surface area contributed by atoms with Gasteiger partial charge in [-0.15, -0.1) is 0 Å². The lowest BCUT2D eigenvalue weighted by Crippen LogP contribution is -2.07. The Morgan fingerprint density at radius 2 is 1.81 bits per heavy atom. The van der Waals surface area contributed by atoms with Crippen molar-refractivity contribution in [3.63, 3.8) is 0 Å². The fourth-order valence-electron chi connectivity index (χ4n) is 1.49. The van der Waals surface area contributed by atoms with E-state index in [-0.39, 0.29) is 5.56 Å². The van der Waals surface area contributed by atoms with Crippen molar-refractivity contribution in [2.24, 2.45) is 0 Å². The fourth-order valence-corrected chi connectivity index (χ4v) is 1.49. The van der Waals surface area contributed by atoms with E-state index in [2.05, 4.69) is 4.98 Å². The van der Waals surface area contributed by atoms with E-state index in [1.807, 2.05) is 0 Å². The highest BCUT2D eigenvalue weighted by molar-refractivity contribution is 5.67. The first-order valence-corrected chi connectivity index (χ1v) is 4.48. The van der Waals surface area contributed by atoms with Crippen molar-refractivity contribution in [3.8, 4) is 11.1 Å². The van der Waals surface area contributed by atoms with Gasteiger partial charge in [0.25, 0.3) is 0 Å². The molecule has 0 atom stereocenters. The summed E-state index contributed by atoms with van der Waals surface area (Å²) in [6, 6.07) is 3.90. The molecule has 84 valence electrons. The molecule has 1 heterocycles. The van der Waals surface area contributed by atoms with E-state index in [9.17, 15) is 17.6 Å². The second-order valence-electron chi connectivity index (χ2n) is 3.29. The molecule has 5 heteroatoms. The van der Waals surface area contributed by atoms with E-state index >= 15 is 0 Å². The van der Waals surface area contributed by atoms with Crippen LogP contribution in [0.4, 0.5) is 17.6 Å². The maximum absolute atomic E-state index is 12.9. The minimum absolute atomic E-state index is 0.159. The summed E-state index contributed by atoms with van der Waals surface area (Å²) in [6.45, 7) is 0. The summed E-state index contributed by atoms with van der Waals surface area (Å²) in [5.74, 6) is -0.691. The number of halogens is 4. The molecule has 0 spiro atoms. The first-order chi connectivity index (χ1) is 7.48. The standard InChI is InChI=1S/C11H7F4N/c12-8-1-2-10(11(13,14)15)9(5-8)7-3-4-16-6-7/h1-6,16H. The van der Waals surface area contributed by atoms with Gasteiger partial charge in [0.2, 0.25) is 0 Å². The van der Waals surface area contributed by atoms with Crippen molar-refractivity contribution >= 4 is 0 Å². The molecular weight excluding hydrogens is 222 g/mol. The maximum Gasteiger partial charge on any atom is 0.417 e. The van der Waals surface area contributed by atoms with Crippen LogP contribution in [0.15, 0.2) is 36.7 Å². The third-order valence-electron chi connectivity index (χ3n) is 2.20. The Morgan fingerprint density at radius 1 is 1.06 bits per heavy atom. The SMILES string of the molecule is Fc1ccc(C(F)(F)F)c(-c2cc[nH]c2)c1. The number of hydrogen-bond donors (Lipinski definition) is 1. The highest BCUT2D eigenvalue weighted by atomic mass is 19.4. The quantitative estimate of drug-likeness (QED) is 0.715. The molecule has 0 saturated heterocycles. The van der Waals surface area contributed by atoms with E-state index in [1.54, 1.807) is 0 Å². The van der Waals surface area contributed by atoms with Gasteiger partial charge in [-0.3, -0.25) is 0 Å². The smallest absolute Gasteiger partial charge is 0.367 e. The minimum atomic E-state index is -4.49. The number of aromatic amines is 1. The molecule has 1 aromatic heterocycles. The number of rotatable bonds is 1. The second kappa shape index (κ2) is 3.66. The van der Waals surface area contributed by atoms with Gasteiger partial charge in [0.05, 0.1) is 5.56 Å². The molecule has 16 heavy (non-hydrogen) atoms. The monoisotopic (exact) mass is 229 g/mol. The zero-order valence-corrected chi connectivity index (χ0v) is 7.98. The number of nitrogens with one attached hydrogen (secondary N) is 1. The van der Waals surface area contributed by atoms with E-state index < -0.39 is 17.6 Å². The number of aromatic nitrogens is 1. The molecule has 0 aliphatic carbocycles. The summed E-state index contributed by atoms with van der Waals surface area (Å²) in [4.78, 5) is 2.64. The summed E-state index contributed by atoms with van der Waals surface area (Å²) in [7, 11) is 0. The predicted molar refractivity (Wildman–Crippen MR) is 51.2 cm³/mol. The summed E-state index contributed by atoms with van der Waals surface area (Å²) >= 11 is 0. The number of alkyl halides is 3. The summed E-state index contributed by atoms with van der Waals surface area (Å²) < 4.78 is 50.9. The van der Waals surface area contributed by atoms with Crippen LogP contribution in [0.2, 0.25) is 0 Å². The zero-order valence-electron chi connectivity index (χ0n) is 7.98. The van der Waals surface area contributed by atoms with Crippen LogP contribution in [0.25, 0.3) is 11.1 Å². The minimum Gasteiger partial charge on any atom is -0.367 e. The van der Waals surface area contributed by atoms with Gasteiger partial charge in [-0.05, 0) is 35.4 Å². The molecule has 2 rings (SSSR count). The summed E-state index contributed by atoms with van der Waals surface area (Å²) in [6.07, 6.45) is -1.61. The average Bonchev–Trinajstić information content (AvgIpc) is 2.68. The van der Waals surface area contributed by atoms with Gasteiger partial charge in [0.15, 0.2) is 0 Å². The average molecular weight is 229 g/mol. The second-order valence-corrected chi connectivity index (χ2v) is 3.29. The van der Waals surface area contributed by atoms with Crippen LogP contribution < -0.4 is 0 Å². The molecule has 1 N–H and O–H groups in total. The van der Waals surface area contributed by atoms with Gasteiger partial charge in [0, 0.05) is 12.4 Å².